The Morgan fingerprint density at radius 3 is 2.82 bits per heavy atom. The van der Waals surface area contributed by atoms with Crippen LogP contribution in [-0.2, 0) is 6.61 Å². The van der Waals surface area contributed by atoms with E-state index < -0.39 is 0 Å². The highest BCUT2D eigenvalue weighted by molar-refractivity contribution is 6.31. The molecule has 1 aromatic heterocycles. The molecule has 0 saturated heterocycles. The van der Waals surface area contributed by atoms with Gasteiger partial charge in [-0.25, -0.2) is 4.98 Å². The zero-order valence-electron chi connectivity index (χ0n) is 9.89. The summed E-state index contributed by atoms with van der Waals surface area (Å²) in [7, 11) is 0. The number of hydrogen-bond acceptors (Lipinski definition) is 2. The molecule has 0 bridgehead atoms. The van der Waals surface area contributed by atoms with Crippen molar-refractivity contribution in [2.75, 3.05) is 0 Å². The lowest BCUT2D eigenvalue weighted by Crippen LogP contribution is -2.05. The van der Waals surface area contributed by atoms with Gasteiger partial charge in [-0.15, -0.1) is 0 Å². The average molecular weight is 251 g/mol. The van der Waals surface area contributed by atoms with E-state index in [1.165, 1.54) is 0 Å². The Balaban J connectivity index is 2.60. The predicted molar refractivity (Wildman–Crippen MR) is 68.6 cm³/mol. The number of aromatic nitrogens is 2. The van der Waals surface area contributed by atoms with Crippen LogP contribution in [0.4, 0.5) is 0 Å². The van der Waals surface area contributed by atoms with Gasteiger partial charge in [-0.2, -0.15) is 0 Å². The fourth-order valence-corrected chi connectivity index (χ4v) is 2.10. The molecule has 1 heterocycles. The monoisotopic (exact) mass is 250 g/mol. The van der Waals surface area contributed by atoms with E-state index in [0.29, 0.717) is 10.9 Å². The number of rotatable bonds is 3. The lowest BCUT2D eigenvalue weighted by Gasteiger charge is -2.14. The maximum absolute atomic E-state index is 9.41. The highest BCUT2D eigenvalue weighted by Gasteiger charge is 2.13. The normalized spacial score (nSPS) is 11.1. The SMILES string of the molecule is CC(C)c1nccn1-c1cccc(Cl)c1CO. The smallest absolute Gasteiger partial charge is 0.115 e. The summed E-state index contributed by atoms with van der Waals surface area (Å²) in [5.74, 6) is 1.28. The van der Waals surface area contributed by atoms with E-state index in [1.54, 1.807) is 12.3 Å². The summed E-state index contributed by atoms with van der Waals surface area (Å²) >= 11 is 6.08. The van der Waals surface area contributed by atoms with Crippen LogP contribution in [0.5, 0.6) is 0 Å². The first-order valence-electron chi connectivity index (χ1n) is 5.57. The van der Waals surface area contributed by atoms with E-state index in [4.69, 9.17) is 11.6 Å². The van der Waals surface area contributed by atoms with Crippen LogP contribution in [0.1, 0.15) is 31.2 Å². The first-order chi connectivity index (χ1) is 8.15. The highest BCUT2D eigenvalue weighted by Crippen LogP contribution is 2.26. The maximum atomic E-state index is 9.41. The number of aliphatic hydroxyl groups excluding tert-OH is 1. The van der Waals surface area contributed by atoms with E-state index in [-0.39, 0.29) is 6.61 Å². The van der Waals surface area contributed by atoms with Crippen LogP contribution >= 0.6 is 11.6 Å². The summed E-state index contributed by atoms with van der Waals surface area (Å²) in [6, 6.07) is 5.59. The number of halogens is 1. The van der Waals surface area contributed by atoms with Crippen molar-refractivity contribution in [1.82, 2.24) is 9.55 Å². The van der Waals surface area contributed by atoms with Crippen LogP contribution < -0.4 is 0 Å². The van der Waals surface area contributed by atoms with Gasteiger partial charge in [-0.3, -0.25) is 0 Å². The first-order valence-corrected chi connectivity index (χ1v) is 5.94. The Hall–Kier alpha value is -1.32. The third-order valence-corrected chi connectivity index (χ3v) is 3.05. The van der Waals surface area contributed by atoms with Crippen molar-refractivity contribution in [1.29, 1.82) is 0 Å². The van der Waals surface area contributed by atoms with Gasteiger partial charge in [0.05, 0.1) is 12.3 Å². The molecule has 0 fully saturated rings. The molecule has 0 aliphatic rings. The maximum Gasteiger partial charge on any atom is 0.115 e. The Bertz CT molecular complexity index is 520. The highest BCUT2D eigenvalue weighted by atomic mass is 35.5. The fourth-order valence-electron chi connectivity index (χ4n) is 1.88. The second kappa shape index (κ2) is 4.90. The molecule has 0 atom stereocenters. The molecule has 0 saturated carbocycles. The van der Waals surface area contributed by atoms with E-state index in [0.717, 1.165) is 17.1 Å². The molecule has 3 nitrogen and oxygen atoms in total. The number of aliphatic hydroxyl groups is 1. The van der Waals surface area contributed by atoms with Crippen LogP contribution in [0.15, 0.2) is 30.6 Å². The van der Waals surface area contributed by atoms with Gasteiger partial charge in [0, 0.05) is 28.9 Å². The number of hydrogen-bond donors (Lipinski definition) is 1. The molecule has 4 heteroatoms. The van der Waals surface area contributed by atoms with Crippen LogP contribution in [0.25, 0.3) is 5.69 Å². The molecule has 0 spiro atoms. The number of nitrogens with zero attached hydrogens (tertiary/aromatic N) is 2. The van der Waals surface area contributed by atoms with Gasteiger partial charge in [0.2, 0.25) is 0 Å². The van der Waals surface area contributed by atoms with Crippen molar-refractivity contribution in [3.05, 3.63) is 47.0 Å². The molecular weight excluding hydrogens is 236 g/mol. The molecule has 0 aliphatic heterocycles. The Kier molecular flexibility index (Phi) is 3.50. The summed E-state index contributed by atoms with van der Waals surface area (Å²) in [6.07, 6.45) is 3.65. The zero-order chi connectivity index (χ0) is 12.4. The van der Waals surface area contributed by atoms with Crippen molar-refractivity contribution in [2.24, 2.45) is 0 Å². The van der Waals surface area contributed by atoms with Crippen molar-refractivity contribution in [3.63, 3.8) is 0 Å². The fraction of sp³-hybridized carbons (Fsp3) is 0.308. The molecule has 0 aliphatic carbocycles. The van der Waals surface area contributed by atoms with Crippen LogP contribution in [0.3, 0.4) is 0 Å². The lowest BCUT2D eigenvalue weighted by molar-refractivity contribution is 0.281. The van der Waals surface area contributed by atoms with Crippen LogP contribution in [0.2, 0.25) is 5.02 Å². The van der Waals surface area contributed by atoms with E-state index >= 15 is 0 Å². The summed E-state index contributed by atoms with van der Waals surface area (Å²) in [6.45, 7) is 4.09. The van der Waals surface area contributed by atoms with Gasteiger partial charge in [-0.05, 0) is 12.1 Å². The zero-order valence-corrected chi connectivity index (χ0v) is 10.6. The summed E-state index contributed by atoms with van der Waals surface area (Å²) in [5.41, 5.74) is 1.62. The first kappa shape index (κ1) is 12.1. The topological polar surface area (TPSA) is 38.0 Å². The van der Waals surface area contributed by atoms with Crippen LogP contribution in [0, 0.1) is 0 Å². The molecule has 2 aromatic rings. The van der Waals surface area contributed by atoms with Gasteiger partial charge in [-0.1, -0.05) is 31.5 Å². The van der Waals surface area contributed by atoms with Crippen molar-refractivity contribution in [2.45, 2.75) is 26.4 Å². The molecule has 17 heavy (non-hydrogen) atoms. The largest absolute Gasteiger partial charge is 0.392 e. The summed E-state index contributed by atoms with van der Waals surface area (Å²) in [5, 5.41) is 9.99. The third-order valence-electron chi connectivity index (χ3n) is 2.70. The number of imidazole rings is 1. The van der Waals surface area contributed by atoms with E-state index in [9.17, 15) is 5.11 Å². The average Bonchev–Trinajstić information content (AvgIpc) is 2.77. The predicted octanol–water partition coefficient (Wildman–Crippen LogP) is 3.14. The molecule has 0 radical (unpaired) electrons. The van der Waals surface area contributed by atoms with Crippen LogP contribution in [-0.4, -0.2) is 14.7 Å². The molecule has 90 valence electrons. The lowest BCUT2D eigenvalue weighted by atomic mass is 10.1. The standard InChI is InChI=1S/C13H15ClN2O/c1-9(2)13-15-6-7-16(13)12-5-3-4-11(14)10(12)8-17/h3-7,9,17H,8H2,1-2H3. The van der Waals surface area contributed by atoms with Gasteiger partial charge in [0.1, 0.15) is 5.82 Å². The second-order valence-corrected chi connectivity index (χ2v) is 4.61. The van der Waals surface area contributed by atoms with Crippen molar-refractivity contribution >= 4 is 11.6 Å². The van der Waals surface area contributed by atoms with Gasteiger partial charge >= 0.3 is 0 Å². The minimum absolute atomic E-state index is 0.0786. The Morgan fingerprint density at radius 1 is 1.41 bits per heavy atom. The van der Waals surface area contributed by atoms with E-state index in [1.807, 2.05) is 22.9 Å². The second-order valence-electron chi connectivity index (χ2n) is 4.21. The minimum atomic E-state index is -0.0786. The van der Waals surface area contributed by atoms with Crippen molar-refractivity contribution in [3.8, 4) is 5.69 Å². The quantitative estimate of drug-likeness (QED) is 0.909. The van der Waals surface area contributed by atoms with Gasteiger partial charge < -0.3 is 9.67 Å². The molecule has 0 amide bonds. The molecular formula is C13H15ClN2O. The number of benzene rings is 1. The van der Waals surface area contributed by atoms with Gasteiger partial charge in [0.25, 0.3) is 0 Å². The minimum Gasteiger partial charge on any atom is -0.392 e. The summed E-state index contributed by atoms with van der Waals surface area (Å²) < 4.78 is 1.97. The molecule has 1 aromatic carbocycles. The molecule has 1 N–H and O–H groups in total. The Morgan fingerprint density at radius 2 is 2.18 bits per heavy atom. The van der Waals surface area contributed by atoms with Crippen molar-refractivity contribution < 1.29 is 5.11 Å². The molecule has 2 rings (SSSR count). The summed E-state index contributed by atoms with van der Waals surface area (Å²) in [4.78, 5) is 4.34. The third kappa shape index (κ3) is 2.21. The molecule has 0 unspecified atom stereocenters. The van der Waals surface area contributed by atoms with E-state index in [2.05, 4.69) is 18.8 Å². The Labute approximate surface area is 106 Å². The van der Waals surface area contributed by atoms with Gasteiger partial charge in [0.15, 0.2) is 0 Å².